The summed E-state index contributed by atoms with van der Waals surface area (Å²) in [4.78, 5) is 62.1. The van der Waals surface area contributed by atoms with Gasteiger partial charge in [0.25, 0.3) is 0 Å². The Hall–Kier alpha value is -2.35. The summed E-state index contributed by atoms with van der Waals surface area (Å²) in [6, 6.07) is 0. The third-order valence-corrected chi connectivity index (χ3v) is 2.28. The van der Waals surface area contributed by atoms with E-state index in [4.69, 9.17) is 15.3 Å². The standard InChI is InChI=1S/C6H3O13P.Li.H/c7-1(8)4(13)17-20(16,18-5(14)2(9)10)19-6(15)3(11)12;;/h(H,7,8)(H,9,10)(H,11,12);;. The monoisotopic (exact) mass is 322 g/mol. The van der Waals surface area contributed by atoms with Gasteiger partial charge in [-0.1, -0.05) is 0 Å². The van der Waals surface area contributed by atoms with Crippen molar-refractivity contribution < 1.29 is 62.2 Å². The zero-order chi connectivity index (χ0) is 16.1. The Bertz CT molecular complexity index is 473. The van der Waals surface area contributed by atoms with Crippen molar-refractivity contribution in [3.63, 3.8) is 0 Å². The molecule has 3 N–H and O–H groups in total. The van der Waals surface area contributed by atoms with Crippen molar-refractivity contribution in [3.8, 4) is 0 Å². The van der Waals surface area contributed by atoms with Crippen molar-refractivity contribution in [2.75, 3.05) is 0 Å². The van der Waals surface area contributed by atoms with Crippen LogP contribution in [0, 0.1) is 0 Å². The van der Waals surface area contributed by atoms with Crippen LogP contribution in [0.25, 0.3) is 0 Å². The molecule has 0 unspecified atom stereocenters. The molecular weight excluding hydrogens is 318 g/mol. The van der Waals surface area contributed by atoms with E-state index in [2.05, 4.69) is 13.6 Å². The van der Waals surface area contributed by atoms with Gasteiger partial charge in [0.15, 0.2) is 0 Å². The second-order valence-corrected chi connectivity index (χ2v) is 3.94. The Kier molecular flexibility index (Phi) is 8.03. The van der Waals surface area contributed by atoms with Gasteiger partial charge in [-0.15, -0.1) is 0 Å². The SMILES string of the molecule is O=C(O)C(=O)OP(=O)(OC(=O)C(=O)O)OC(=O)C(=O)O.[LiH]. The van der Waals surface area contributed by atoms with E-state index >= 15 is 0 Å². The average Bonchev–Trinajstić information content (AvgIpc) is 2.27. The van der Waals surface area contributed by atoms with Crippen LogP contribution < -0.4 is 0 Å². The van der Waals surface area contributed by atoms with E-state index in [-0.39, 0.29) is 18.9 Å². The number of hydrogen-bond acceptors (Lipinski definition) is 10. The second-order valence-electron chi connectivity index (χ2n) is 2.50. The van der Waals surface area contributed by atoms with Crippen LogP contribution in [0.2, 0.25) is 0 Å². The molecule has 0 saturated heterocycles. The molecule has 21 heavy (non-hydrogen) atoms. The van der Waals surface area contributed by atoms with Gasteiger partial charge in [-0.3, -0.25) is 0 Å². The van der Waals surface area contributed by atoms with Crippen LogP contribution in [0.3, 0.4) is 0 Å². The number of carbonyl (C=O) groups is 6. The van der Waals surface area contributed by atoms with E-state index in [1.807, 2.05) is 0 Å². The number of rotatable bonds is 3. The Balaban J connectivity index is 0. The van der Waals surface area contributed by atoms with Crippen molar-refractivity contribution in [1.82, 2.24) is 0 Å². The molecule has 13 nitrogen and oxygen atoms in total. The van der Waals surface area contributed by atoms with Gasteiger partial charge in [-0.2, -0.15) is 4.57 Å². The van der Waals surface area contributed by atoms with Crippen molar-refractivity contribution in [3.05, 3.63) is 0 Å². The molecule has 0 amide bonds. The summed E-state index contributed by atoms with van der Waals surface area (Å²) < 4.78 is 21.8. The normalized spacial score (nSPS) is 9.52. The molecule has 0 aliphatic rings. The zero-order valence-electron chi connectivity index (χ0n) is 8.87. The third-order valence-electron chi connectivity index (χ3n) is 1.11. The van der Waals surface area contributed by atoms with E-state index in [0.717, 1.165) is 0 Å². The number of carbonyl (C=O) groups excluding carboxylic acids is 3. The summed E-state index contributed by atoms with van der Waals surface area (Å²) in [7, 11) is -5.74. The summed E-state index contributed by atoms with van der Waals surface area (Å²) in [5.74, 6) is -14.2. The summed E-state index contributed by atoms with van der Waals surface area (Å²) >= 11 is 0. The Morgan fingerprint density at radius 3 is 0.952 bits per heavy atom. The minimum absolute atomic E-state index is 0. The van der Waals surface area contributed by atoms with Gasteiger partial charge >= 0.3 is 62.5 Å². The maximum atomic E-state index is 11.4. The molecule has 0 aromatic carbocycles. The van der Waals surface area contributed by atoms with Gasteiger partial charge in [0.1, 0.15) is 0 Å². The first-order chi connectivity index (χ1) is 8.98. The zero-order valence-corrected chi connectivity index (χ0v) is 9.77. The van der Waals surface area contributed by atoms with Crippen LogP contribution in [0.5, 0.6) is 0 Å². The second kappa shape index (κ2) is 8.05. The first-order valence-corrected chi connectivity index (χ1v) is 5.45. The van der Waals surface area contributed by atoms with E-state index in [0.29, 0.717) is 0 Å². The van der Waals surface area contributed by atoms with E-state index in [9.17, 15) is 33.3 Å². The van der Waals surface area contributed by atoms with Crippen molar-refractivity contribution in [2.45, 2.75) is 0 Å². The summed E-state index contributed by atoms with van der Waals surface area (Å²) in [5.41, 5.74) is 0. The minimum atomic E-state index is -5.74. The average molecular weight is 322 g/mol. The van der Waals surface area contributed by atoms with Crippen LogP contribution in [0.1, 0.15) is 0 Å². The van der Waals surface area contributed by atoms with Crippen LogP contribution in [0.4, 0.5) is 0 Å². The van der Waals surface area contributed by atoms with Gasteiger partial charge in [0.2, 0.25) is 0 Å². The number of carboxylic acid groups (broad SMARTS) is 3. The maximum absolute atomic E-state index is 11.4. The topological polar surface area (TPSA) is 208 Å². The quantitative estimate of drug-likeness (QED) is 0.275. The van der Waals surface area contributed by atoms with Gasteiger partial charge in [-0.25, -0.2) is 28.8 Å². The number of aliphatic carboxylic acids is 3. The van der Waals surface area contributed by atoms with Crippen molar-refractivity contribution in [2.24, 2.45) is 0 Å². The summed E-state index contributed by atoms with van der Waals surface area (Å²) in [6.07, 6.45) is 0. The summed E-state index contributed by atoms with van der Waals surface area (Å²) in [6.45, 7) is 0. The fraction of sp³-hybridized carbons (Fsp3) is 0. The fourth-order valence-electron chi connectivity index (χ4n) is 0.478. The predicted octanol–water partition coefficient (Wildman–Crippen LogP) is -2.67. The van der Waals surface area contributed by atoms with Gasteiger partial charge in [-0.05, 0) is 0 Å². The molecule has 0 spiro atoms. The first-order valence-electron chi connectivity index (χ1n) is 3.99. The predicted molar refractivity (Wildman–Crippen MR) is 55.9 cm³/mol. The van der Waals surface area contributed by atoms with Crippen LogP contribution >= 0.6 is 7.82 Å². The molecule has 0 radical (unpaired) electrons. The Labute approximate surface area is 125 Å². The fourth-order valence-corrected chi connectivity index (χ4v) is 1.43. The van der Waals surface area contributed by atoms with Gasteiger partial charge < -0.3 is 28.9 Å². The molecule has 0 heterocycles. The number of carboxylic acids is 3. The van der Waals surface area contributed by atoms with E-state index < -0.39 is 43.6 Å². The van der Waals surface area contributed by atoms with E-state index in [1.165, 1.54) is 0 Å². The molecule has 0 aliphatic heterocycles. The number of phosphoric ester groups is 1. The van der Waals surface area contributed by atoms with Crippen molar-refractivity contribution >= 4 is 62.5 Å². The summed E-state index contributed by atoms with van der Waals surface area (Å²) in [5, 5.41) is 24.4. The van der Waals surface area contributed by atoms with Crippen LogP contribution in [-0.4, -0.2) is 70.0 Å². The third kappa shape index (κ3) is 7.11. The molecule has 0 bridgehead atoms. The van der Waals surface area contributed by atoms with Gasteiger partial charge in [0, 0.05) is 0 Å². The molecule has 0 aromatic heterocycles. The Morgan fingerprint density at radius 2 is 0.810 bits per heavy atom. The number of phosphoric acid groups is 1. The first kappa shape index (κ1) is 21.0. The van der Waals surface area contributed by atoms with Gasteiger partial charge in [0.05, 0.1) is 0 Å². The molecule has 112 valence electrons. The molecule has 0 saturated carbocycles. The van der Waals surface area contributed by atoms with E-state index in [1.54, 1.807) is 0 Å². The molecule has 0 aromatic rings. The van der Waals surface area contributed by atoms with Crippen LogP contribution in [0.15, 0.2) is 0 Å². The Morgan fingerprint density at radius 1 is 0.619 bits per heavy atom. The molecule has 0 rings (SSSR count). The molecule has 0 fully saturated rings. The molecule has 15 heteroatoms. The van der Waals surface area contributed by atoms with Crippen molar-refractivity contribution in [1.29, 1.82) is 0 Å². The van der Waals surface area contributed by atoms with Crippen LogP contribution in [-0.2, 0) is 46.9 Å². The molecular formula is C6H4LiO13P. The number of hydrogen-bond donors (Lipinski definition) is 3. The molecule has 0 atom stereocenters. The molecule has 0 aliphatic carbocycles.